The third kappa shape index (κ3) is 8.98. The average Bonchev–Trinajstić information content (AvgIpc) is 2.74. The van der Waals surface area contributed by atoms with E-state index < -0.39 is 6.10 Å². The van der Waals surface area contributed by atoms with E-state index >= 15 is 0 Å². The molecule has 0 radical (unpaired) electrons. The van der Waals surface area contributed by atoms with E-state index in [4.69, 9.17) is 4.74 Å². The number of aliphatic hydroxyl groups excluding tert-OH is 1. The number of unbranched alkanes of at least 4 members (excludes halogenated alkanes) is 2. The highest BCUT2D eigenvalue weighted by Crippen LogP contribution is 2.16. The smallest absolute Gasteiger partial charge is 0.147 e. The van der Waals surface area contributed by atoms with Gasteiger partial charge in [-0.1, -0.05) is 72.2 Å². The lowest BCUT2D eigenvalue weighted by Crippen LogP contribution is -2.06. The zero-order valence-corrected chi connectivity index (χ0v) is 17.0. The van der Waals surface area contributed by atoms with E-state index in [1.807, 2.05) is 54.6 Å². The Balaban J connectivity index is 2.00. The van der Waals surface area contributed by atoms with Crippen molar-refractivity contribution in [2.24, 2.45) is 0 Å². The van der Waals surface area contributed by atoms with Gasteiger partial charge in [-0.2, -0.15) is 0 Å². The van der Waals surface area contributed by atoms with Crippen LogP contribution in [0.3, 0.4) is 0 Å². The zero-order valence-electron chi connectivity index (χ0n) is 16.2. The van der Waals surface area contributed by atoms with Crippen molar-refractivity contribution < 1.29 is 9.84 Å². The summed E-state index contributed by atoms with van der Waals surface area (Å²) in [6, 6.07) is 20.0. The molecule has 2 aromatic carbocycles. The molecule has 1 unspecified atom stereocenters. The summed E-state index contributed by atoms with van der Waals surface area (Å²) in [5, 5.41) is 10.5. The van der Waals surface area contributed by atoms with Crippen molar-refractivity contribution in [1.29, 1.82) is 0 Å². The van der Waals surface area contributed by atoms with E-state index in [-0.39, 0.29) is 0 Å². The van der Waals surface area contributed by atoms with Gasteiger partial charge in [0.05, 0.1) is 5.75 Å². The fourth-order valence-corrected chi connectivity index (χ4v) is 3.06. The first-order valence-electron chi connectivity index (χ1n) is 9.38. The Kier molecular flexibility index (Phi) is 10.7. The summed E-state index contributed by atoms with van der Waals surface area (Å²) >= 11 is 1.66. The second-order valence-electron chi connectivity index (χ2n) is 6.09. The van der Waals surface area contributed by atoms with Gasteiger partial charge in [0.2, 0.25) is 0 Å². The van der Waals surface area contributed by atoms with Crippen molar-refractivity contribution in [2.45, 2.75) is 30.3 Å². The van der Waals surface area contributed by atoms with Gasteiger partial charge in [0, 0.05) is 30.6 Å². The van der Waals surface area contributed by atoms with Crippen molar-refractivity contribution in [2.75, 3.05) is 19.5 Å². The molecular formula is C25H26O2S. The van der Waals surface area contributed by atoms with Gasteiger partial charge in [-0.05, 0) is 36.6 Å². The van der Waals surface area contributed by atoms with Crippen LogP contribution in [0.4, 0.5) is 0 Å². The molecule has 0 saturated heterocycles. The van der Waals surface area contributed by atoms with Gasteiger partial charge in [-0.3, -0.25) is 0 Å². The van der Waals surface area contributed by atoms with Gasteiger partial charge in [0.15, 0.2) is 0 Å². The van der Waals surface area contributed by atoms with E-state index in [1.54, 1.807) is 18.9 Å². The maximum atomic E-state index is 10.5. The Morgan fingerprint density at radius 2 is 1.75 bits per heavy atom. The van der Waals surface area contributed by atoms with Crippen LogP contribution in [0.1, 0.15) is 24.8 Å². The number of methoxy groups -OCH3 is 1. The zero-order chi connectivity index (χ0) is 19.9. The minimum Gasteiger partial charge on any atom is -0.385 e. The molecule has 144 valence electrons. The second kappa shape index (κ2) is 13.7. The molecule has 0 aliphatic carbocycles. The number of thioether (sulfide) groups is 1. The maximum absolute atomic E-state index is 10.5. The van der Waals surface area contributed by atoms with Gasteiger partial charge in [0.1, 0.15) is 6.10 Å². The highest BCUT2D eigenvalue weighted by Gasteiger charge is 2.05. The minimum absolute atomic E-state index is 0.629. The van der Waals surface area contributed by atoms with E-state index in [9.17, 15) is 5.11 Å². The number of hydrogen-bond acceptors (Lipinski definition) is 3. The molecule has 0 fully saturated rings. The number of aliphatic hydroxyl groups is 1. The van der Waals surface area contributed by atoms with Crippen LogP contribution >= 0.6 is 11.8 Å². The lowest BCUT2D eigenvalue weighted by molar-refractivity contribution is 0.193. The van der Waals surface area contributed by atoms with E-state index in [1.165, 1.54) is 4.90 Å². The Bertz CT molecular complexity index is 836. The third-order valence-corrected chi connectivity index (χ3v) is 4.74. The Morgan fingerprint density at radius 3 is 2.46 bits per heavy atom. The fourth-order valence-electron chi connectivity index (χ4n) is 2.39. The monoisotopic (exact) mass is 390 g/mol. The SMILES string of the molecule is COCCCCC#C/C(=C/c1ccccc1)C(O)C#CCSc1ccccc1. The van der Waals surface area contributed by atoms with Crippen LogP contribution in [-0.4, -0.2) is 30.7 Å². The molecule has 28 heavy (non-hydrogen) atoms. The van der Waals surface area contributed by atoms with Gasteiger partial charge in [-0.15, -0.1) is 11.8 Å². The summed E-state index contributed by atoms with van der Waals surface area (Å²) in [7, 11) is 1.71. The van der Waals surface area contributed by atoms with Crippen molar-refractivity contribution in [3.8, 4) is 23.7 Å². The molecular weight excluding hydrogens is 364 g/mol. The van der Waals surface area contributed by atoms with E-state index in [0.29, 0.717) is 11.3 Å². The fraction of sp³-hybridized carbons (Fsp3) is 0.280. The highest BCUT2D eigenvalue weighted by molar-refractivity contribution is 7.99. The first-order chi connectivity index (χ1) is 13.8. The predicted octanol–water partition coefficient (Wildman–Crippen LogP) is 5.05. The number of hydrogen-bond donors (Lipinski definition) is 1. The first-order valence-corrected chi connectivity index (χ1v) is 10.4. The molecule has 0 amide bonds. The Hall–Kier alpha value is -2.43. The molecule has 0 spiro atoms. The predicted molar refractivity (Wildman–Crippen MR) is 119 cm³/mol. The van der Waals surface area contributed by atoms with Crippen LogP contribution in [0, 0.1) is 23.7 Å². The third-order valence-electron chi connectivity index (χ3n) is 3.84. The number of rotatable bonds is 8. The molecule has 2 nitrogen and oxygen atoms in total. The summed E-state index contributed by atoms with van der Waals surface area (Å²) in [4.78, 5) is 1.17. The average molecular weight is 391 g/mol. The molecule has 0 heterocycles. The van der Waals surface area contributed by atoms with Gasteiger partial charge < -0.3 is 9.84 Å². The van der Waals surface area contributed by atoms with E-state index in [0.717, 1.165) is 31.4 Å². The molecule has 0 aliphatic heterocycles. The lowest BCUT2D eigenvalue weighted by Gasteiger charge is -2.04. The minimum atomic E-state index is -0.886. The van der Waals surface area contributed by atoms with Gasteiger partial charge in [0.25, 0.3) is 0 Å². The number of benzene rings is 2. The lowest BCUT2D eigenvalue weighted by atomic mass is 10.1. The van der Waals surface area contributed by atoms with Crippen molar-refractivity contribution in [1.82, 2.24) is 0 Å². The summed E-state index contributed by atoms with van der Waals surface area (Å²) in [6.07, 6.45) is 3.77. The van der Waals surface area contributed by atoms with Crippen LogP contribution in [0.15, 0.2) is 71.1 Å². The molecule has 0 saturated carbocycles. The molecule has 1 N–H and O–H groups in total. The largest absolute Gasteiger partial charge is 0.385 e. The van der Waals surface area contributed by atoms with E-state index in [2.05, 4.69) is 35.8 Å². The molecule has 0 aliphatic rings. The second-order valence-corrected chi connectivity index (χ2v) is 7.14. The normalized spacial score (nSPS) is 11.7. The Labute approximate surface area is 173 Å². The standard InChI is InChI=1S/C25H26O2S/c1-27-19-11-3-2-8-15-23(21-22-13-6-4-7-14-22)25(26)18-12-20-28-24-16-9-5-10-17-24/h4-7,9-10,13-14,16-17,21,25-26H,2-3,11,19-20H2,1H3/b23-21-. The summed E-state index contributed by atoms with van der Waals surface area (Å²) in [5.74, 6) is 12.9. The molecule has 0 aromatic heterocycles. The van der Waals surface area contributed by atoms with Gasteiger partial charge in [-0.25, -0.2) is 0 Å². The first kappa shape index (κ1) is 21.9. The van der Waals surface area contributed by atoms with Crippen molar-refractivity contribution in [3.63, 3.8) is 0 Å². The van der Waals surface area contributed by atoms with Crippen LogP contribution in [0.5, 0.6) is 0 Å². The van der Waals surface area contributed by atoms with Gasteiger partial charge >= 0.3 is 0 Å². The maximum Gasteiger partial charge on any atom is 0.147 e. The number of ether oxygens (including phenoxy) is 1. The molecule has 1 atom stereocenters. The molecule has 2 aromatic rings. The molecule has 3 heteroatoms. The van der Waals surface area contributed by atoms with Crippen LogP contribution in [-0.2, 0) is 4.74 Å². The summed E-state index contributed by atoms with van der Waals surface area (Å²) < 4.78 is 5.05. The quantitative estimate of drug-likeness (QED) is 0.389. The van der Waals surface area contributed by atoms with Crippen LogP contribution in [0.25, 0.3) is 6.08 Å². The Morgan fingerprint density at radius 1 is 1.04 bits per heavy atom. The van der Waals surface area contributed by atoms with Crippen LogP contribution < -0.4 is 0 Å². The van der Waals surface area contributed by atoms with Crippen molar-refractivity contribution >= 4 is 17.8 Å². The topological polar surface area (TPSA) is 29.5 Å². The van der Waals surface area contributed by atoms with Crippen molar-refractivity contribution in [3.05, 3.63) is 71.8 Å². The molecule has 2 rings (SSSR count). The van der Waals surface area contributed by atoms with Crippen LogP contribution in [0.2, 0.25) is 0 Å². The highest BCUT2D eigenvalue weighted by atomic mass is 32.2. The summed E-state index contributed by atoms with van der Waals surface area (Å²) in [6.45, 7) is 0.752. The molecule has 0 bridgehead atoms. The summed E-state index contributed by atoms with van der Waals surface area (Å²) in [5.41, 5.74) is 1.64.